The molecule has 50 heavy (non-hydrogen) atoms. The topological polar surface area (TPSA) is 78.9 Å². The van der Waals surface area contributed by atoms with Gasteiger partial charge in [0.1, 0.15) is 0 Å². The van der Waals surface area contributed by atoms with Gasteiger partial charge in [-0.2, -0.15) is 0 Å². The molecule has 0 radical (unpaired) electrons. The zero-order valence-electron chi connectivity index (χ0n) is 33.9. The molecular formula is C43H84O6Si. The molecule has 0 fully saturated rings. The highest BCUT2D eigenvalue weighted by Gasteiger charge is 2.47. The highest BCUT2D eigenvalue weighted by atomic mass is 28.4. The van der Waals surface area contributed by atoms with E-state index in [1.165, 1.54) is 161 Å². The Morgan fingerprint density at radius 1 is 0.300 bits per heavy atom. The van der Waals surface area contributed by atoms with Crippen molar-refractivity contribution in [3.05, 3.63) is 0 Å². The largest absolute Gasteiger partial charge is 0.701 e. The van der Waals surface area contributed by atoms with Crippen molar-refractivity contribution in [2.75, 3.05) is 0 Å². The van der Waals surface area contributed by atoms with Gasteiger partial charge in [-0.25, -0.2) is 0 Å². The van der Waals surface area contributed by atoms with Crippen LogP contribution in [0.3, 0.4) is 0 Å². The molecule has 0 aromatic carbocycles. The van der Waals surface area contributed by atoms with Gasteiger partial charge >= 0.3 is 8.80 Å². The SMILES string of the molecule is CCCCCCCCCCCCCC(=O)O[Si](C)(OC(=O)CCCCCCCCCCCCC)OC(=O)CCCCCCCCCCCCC. The average molecular weight is 725 g/mol. The monoisotopic (exact) mass is 725 g/mol. The maximum Gasteiger partial charge on any atom is 0.701 e. The van der Waals surface area contributed by atoms with Gasteiger partial charge in [-0.15, -0.1) is 0 Å². The first-order valence-corrected chi connectivity index (χ1v) is 24.2. The summed E-state index contributed by atoms with van der Waals surface area (Å²) in [6, 6.07) is 0. The Morgan fingerprint density at radius 2 is 0.460 bits per heavy atom. The summed E-state index contributed by atoms with van der Waals surface area (Å²) >= 11 is 0. The van der Waals surface area contributed by atoms with E-state index >= 15 is 0 Å². The van der Waals surface area contributed by atoms with Gasteiger partial charge in [-0.05, 0) is 19.3 Å². The van der Waals surface area contributed by atoms with E-state index in [0.717, 1.165) is 57.8 Å². The molecule has 0 aromatic rings. The molecule has 0 amide bonds. The highest BCUT2D eigenvalue weighted by molar-refractivity contribution is 6.64. The molecule has 296 valence electrons. The lowest BCUT2D eigenvalue weighted by molar-refractivity contribution is -0.150. The molecule has 0 atom stereocenters. The summed E-state index contributed by atoms with van der Waals surface area (Å²) in [4.78, 5) is 38.5. The molecule has 0 N–H and O–H groups in total. The molecule has 0 bridgehead atoms. The third kappa shape index (κ3) is 35.0. The lowest BCUT2D eigenvalue weighted by Crippen LogP contribution is -2.47. The van der Waals surface area contributed by atoms with Crippen LogP contribution in [0.5, 0.6) is 0 Å². The van der Waals surface area contributed by atoms with Crippen molar-refractivity contribution in [2.24, 2.45) is 0 Å². The molecule has 0 spiro atoms. The minimum Gasteiger partial charge on any atom is -0.455 e. The third-order valence-corrected chi connectivity index (χ3v) is 11.6. The smallest absolute Gasteiger partial charge is 0.455 e. The predicted octanol–water partition coefficient (Wildman–Crippen LogP) is 14.3. The molecule has 0 aromatic heterocycles. The summed E-state index contributed by atoms with van der Waals surface area (Å²) in [6.45, 7) is 8.28. The van der Waals surface area contributed by atoms with Crippen molar-refractivity contribution in [1.82, 2.24) is 0 Å². The van der Waals surface area contributed by atoms with Crippen LogP contribution in [0.4, 0.5) is 0 Å². The standard InChI is InChI=1S/C43H84O6Si/c1-5-8-11-14-17-20-23-26-29-32-35-38-41(44)47-50(4,48-42(45)39-36-33-30-27-24-21-18-15-12-9-6-2)49-43(46)40-37-34-31-28-25-22-19-16-13-10-7-3/h5-40H2,1-4H3. The van der Waals surface area contributed by atoms with Crippen molar-refractivity contribution in [1.29, 1.82) is 0 Å². The first kappa shape index (κ1) is 48.6. The molecule has 0 rings (SSSR count). The quantitative estimate of drug-likeness (QED) is 0.0464. The molecule has 7 heteroatoms. The van der Waals surface area contributed by atoms with Gasteiger partial charge < -0.3 is 13.3 Å². The number of hydrogen-bond donors (Lipinski definition) is 0. The van der Waals surface area contributed by atoms with E-state index in [0.29, 0.717) is 0 Å². The summed E-state index contributed by atoms with van der Waals surface area (Å²) in [5.74, 6) is -1.29. The van der Waals surface area contributed by atoms with Gasteiger partial charge in [0.05, 0.1) is 0 Å². The van der Waals surface area contributed by atoms with E-state index in [-0.39, 0.29) is 19.3 Å². The fraction of sp³-hybridized carbons (Fsp3) is 0.930. The summed E-state index contributed by atoms with van der Waals surface area (Å²) in [5, 5.41) is 0. The zero-order valence-corrected chi connectivity index (χ0v) is 34.9. The number of hydrogen-bond acceptors (Lipinski definition) is 6. The van der Waals surface area contributed by atoms with Crippen molar-refractivity contribution >= 4 is 26.7 Å². The second-order valence-corrected chi connectivity index (χ2v) is 17.5. The van der Waals surface area contributed by atoms with Crippen molar-refractivity contribution < 1.29 is 27.7 Å². The third-order valence-electron chi connectivity index (χ3n) is 9.85. The van der Waals surface area contributed by atoms with E-state index in [9.17, 15) is 14.4 Å². The van der Waals surface area contributed by atoms with Crippen molar-refractivity contribution in [2.45, 2.75) is 258 Å². The lowest BCUT2D eigenvalue weighted by Gasteiger charge is -2.24. The van der Waals surface area contributed by atoms with E-state index < -0.39 is 26.7 Å². The summed E-state index contributed by atoms with van der Waals surface area (Å²) in [5.41, 5.74) is 0. The van der Waals surface area contributed by atoms with Gasteiger partial charge in [0.25, 0.3) is 17.9 Å². The fourth-order valence-corrected chi connectivity index (χ4v) is 8.31. The molecule has 0 aliphatic rings. The van der Waals surface area contributed by atoms with Gasteiger partial charge in [0, 0.05) is 25.8 Å². The molecule has 0 aliphatic carbocycles. The Hall–Kier alpha value is -1.37. The minimum atomic E-state index is -3.79. The van der Waals surface area contributed by atoms with E-state index in [4.69, 9.17) is 13.3 Å². The van der Waals surface area contributed by atoms with Crippen molar-refractivity contribution in [3.8, 4) is 0 Å². The molecular weight excluding hydrogens is 641 g/mol. The van der Waals surface area contributed by atoms with E-state index in [1.54, 1.807) is 0 Å². The lowest BCUT2D eigenvalue weighted by atomic mass is 10.1. The average Bonchev–Trinajstić information content (AvgIpc) is 3.08. The zero-order chi connectivity index (χ0) is 36.8. The maximum absolute atomic E-state index is 12.8. The van der Waals surface area contributed by atoms with Crippen LogP contribution >= 0.6 is 0 Å². The highest BCUT2D eigenvalue weighted by Crippen LogP contribution is 2.19. The van der Waals surface area contributed by atoms with Gasteiger partial charge in [0.2, 0.25) is 0 Å². The summed E-state index contributed by atoms with van der Waals surface area (Å²) in [6.07, 6.45) is 40.4. The van der Waals surface area contributed by atoms with Gasteiger partial charge in [-0.1, -0.05) is 213 Å². The first-order chi connectivity index (χ1) is 24.4. The van der Waals surface area contributed by atoms with Crippen LogP contribution in [0.2, 0.25) is 6.55 Å². The van der Waals surface area contributed by atoms with Crippen LogP contribution in [0, 0.1) is 0 Å². The molecule has 0 aliphatic heterocycles. The van der Waals surface area contributed by atoms with Crippen LogP contribution in [0.25, 0.3) is 0 Å². The molecule has 0 saturated heterocycles. The summed E-state index contributed by atoms with van der Waals surface area (Å²) < 4.78 is 17.1. The van der Waals surface area contributed by atoms with Crippen molar-refractivity contribution in [3.63, 3.8) is 0 Å². The van der Waals surface area contributed by atoms with Crippen LogP contribution in [-0.4, -0.2) is 26.7 Å². The maximum atomic E-state index is 12.8. The summed E-state index contributed by atoms with van der Waals surface area (Å²) in [7, 11) is -3.79. The predicted molar refractivity (Wildman–Crippen MR) is 213 cm³/mol. The number of unbranched alkanes of at least 4 members (excludes halogenated alkanes) is 30. The molecule has 0 heterocycles. The second-order valence-electron chi connectivity index (χ2n) is 15.1. The Morgan fingerprint density at radius 3 is 0.640 bits per heavy atom. The molecule has 6 nitrogen and oxygen atoms in total. The minimum absolute atomic E-state index is 0.256. The molecule has 0 unspecified atom stereocenters. The van der Waals surface area contributed by atoms with Gasteiger partial charge in [0.15, 0.2) is 0 Å². The number of carbonyl (C=O) groups is 3. The number of carbonyl (C=O) groups excluding carboxylic acids is 3. The van der Waals surface area contributed by atoms with E-state index in [2.05, 4.69) is 20.8 Å². The Kier molecular flexibility index (Phi) is 36.4. The van der Waals surface area contributed by atoms with E-state index in [1.807, 2.05) is 0 Å². The normalized spacial score (nSPS) is 11.5. The number of rotatable bonds is 39. The van der Waals surface area contributed by atoms with Crippen LogP contribution in [0.15, 0.2) is 0 Å². The first-order valence-electron chi connectivity index (χ1n) is 22.0. The fourth-order valence-electron chi connectivity index (χ4n) is 6.64. The Labute approximate surface area is 312 Å². The van der Waals surface area contributed by atoms with Crippen LogP contribution < -0.4 is 0 Å². The van der Waals surface area contributed by atoms with Crippen LogP contribution in [0.1, 0.15) is 252 Å². The van der Waals surface area contributed by atoms with Crippen LogP contribution in [-0.2, 0) is 27.7 Å². The second kappa shape index (κ2) is 37.4. The van der Waals surface area contributed by atoms with Gasteiger partial charge in [-0.3, -0.25) is 14.4 Å². The Bertz CT molecular complexity index is 675. The molecule has 0 saturated carbocycles. The Balaban J connectivity index is 4.52.